The minimum absolute atomic E-state index is 0.228. The van der Waals surface area contributed by atoms with Crippen molar-refractivity contribution in [2.45, 2.75) is 26.5 Å². The first-order valence-corrected chi connectivity index (χ1v) is 9.88. The Balaban J connectivity index is 1.31. The van der Waals surface area contributed by atoms with Gasteiger partial charge < -0.3 is 14.5 Å². The molecule has 0 bridgehead atoms. The number of furan rings is 1. The Morgan fingerprint density at radius 3 is 2.60 bits per heavy atom. The van der Waals surface area contributed by atoms with E-state index in [-0.39, 0.29) is 18.3 Å². The zero-order valence-corrected chi connectivity index (χ0v) is 16.7. The Morgan fingerprint density at radius 1 is 1.03 bits per heavy atom. The first-order chi connectivity index (χ1) is 14.7. The second kappa shape index (κ2) is 9.13. The van der Waals surface area contributed by atoms with Gasteiger partial charge in [-0.1, -0.05) is 49.4 Å². The number of aryl methyl sites for hydroxylation is 1. The van der Waals surface area contributed by atoms with E-state index in [1.54, 1.807) is 29.2 Å². The topological polar surface area (TPSA) is 69.3 Å². The van der Waals surface area contributed by atoms with Crippen molar-refractivity contribution < 1.29 is 13.9 Å². The SMILES string of the molecule is CCc1ccc(OCc2ccc(C(=O)Nc3cnn(Cc4ccccc4)c3)o2)cc1. The Kier molecular flexibility index (Phi) is 5.94. The molecule has 0 unspecified atom stereocenters. The molecular formula is C24H23N3O3. The van der Waals surface area contributed by atoms with Gasteiger partial charge in [-0.05, 0) is 41.8 Å². The molecular weight excluding hydrogens is 378 g/mol. The summed E-state index contributed by atoms with van der Waals surface area (Å²) < 4.78 is 13.1. The van der Waals surface area contributed by atoms with Gasteiger partial charge in [-0.2, -0.15) is 5.10 Å². The summed E-state index contributed by atoms with van der Waals surface area (Å²) in [6, 6.07) is 21.3. The molecule has 0 spiro atoms. The Morgan fingerprint density at radius 2 is 1.83 bits per heavy atom. The molecule has 152 valence electrons. The summed E-state index contributed by atoms with van der Waals surface area (Å²) >= 11 is 0. The van der Waals surface area contributed by atoms with Crippen LogP contribution in [0.15, 0.2) is 83.5 Å². The van der Waals surface area contributed by atoms with Crippen LogP contribution in [0, 0.1) is 0 Å². The molecule has 2 aromatic carbocycles. The molecule has 0 saturated carbocycles. The standard InChI is InChI=1S/C24H23N3O3/c1-2-18-8-10-21(11-9-18)29-17-22-12-13-23(30-22)24(28)26-20-14-25-27(16-20)15-19-6-4-3-5-7-19/h3-14,16H,2,15,17H2,1H3,(H,26,28). The van der Waals surface area contributed by atoms with Gasteiger partial charge in [0.25, 0.3) is 5.91 Å². The van der Waals surface area contributed by atoms with Crippen molar-refractivity contribution in [3.8, 4) is 5.75 Å². The molecule has 0 atom stereocenters. The number of nitrogens with one attached hydrogen (secondary N) is 1. The van der Waals surface area contributed by atoms with Crippen molar-refractivity contribution in [1.82, 2.24) is 9.78 Å². The number of rotatable bonds is 8. The van der Waals surface area contributed by atoms with Crippen molar-refractivity contribution in [2.24, 2.45) is 0 Å². The Bertz CT molecular complexity index is 1100. The van der Waals surface area contributed by atoms with E-state index in [0.717, 1.165) is 17.7 Å². The lowest BCUT2D eigenvalue weighted by molar-refractivity contribution is 0.0992. The van der Waals surface area contributed by atoms with Crippen molar-refractivity contribution in [3.05, 3.63) is 102 Å². The van der Waals surface area contributed by atoms with Gasteiger partial charge in [0.2, 0.25) is 0 Å². The van der Waals surface area contributed by atoms with Crippen LogP contribution in [0.25, 0.3) is 0 Å². The lowest BCUT2D eigenvalue weighted by Crippen LogP contribution is -2.10. The minimum atomic E-state index is -0.326. The van der Waals surface area contributed by atoms with Gasteiger partial charge in [-0.3, -0.25) is 9.48 Å². The number of anilines is 1. The number of carbonyl (C=O) groups is 1. The predicted molar refractivity (Wildman–Crippen MR) is 115 cm³/mol. The molecule has 2 heterocycles. The van der Waals surface area contributed by atoms with Crippen LogP contribution in [0.5, 0.6) is 5.75 Å². The molecule has 30 heavy (non-hydrogen) atoms. The largest absolute Gasteiger partial charge is 0.486 e. The van der Waals surface area contributed by atoms with Crippen LogP contribution in [-0.4, -0.2) is 15.7 Å². The highest BCUT2D eigenvalue weighted by Crippen LogP contribution is 2.17. The summed E-state index contributed by atoms with van der Waals surface area (Å²) in [7, 11) is 0. The van der Waals surface area contributed by atoms with E-state index in [9.17, 15) is 4.79 Å². The van der Waals surface area contributed by atoms with Crippen LogP contribution in [0.4, 0.5) is 5.69 Å². The number of ether oxygens (including phenoxy) is 1. The Hall–Kier alpha value is -3.80. The highest BCUT2D eigenvalue weighted by Gasteiger charge is 2.13. The van der Waals surface area contributed by atoms with Crippen LogP contribution < -0.4 is 10.1 Å². The molecule has 6 heteroatoms. The highest BCUT2D eigenvalue weighted by molar-refractivity contribution is 6.02. The molecule has 0 aliphatic rings. The van der Waals surface area contributed by atoms with Gasteiger partial charge >= 0.3 is 0 Å². The van der Waals surface area contributed by atoms with Gasteiger partial charge in [0.1, 0.15) is 18.1 Å². The fourth-order valence-corrected chi connectivity index (χ4v) is 3.03. The molecule has 0 fully saturated rings. The van der Waals surface area contributed by atoms with Crippen LogP contribution in [0.2, 0.25) is 0 Å². The van der Waals surface area contributed by atoms with Crippen LogP contribution >= 0.6 is 0 Å². The zero-order valence-electron chi connectivity index (χ0n) is 16.7. The third-order valence-electron chi connectivity index (χ3n) is 4.68. The van der Waals surface area contributed by atoms with Crippen molar-refractivity contribution in [1.29, 1.82) is 0 Å². The second-order valence-corrected chi connectivity index (χ2v) is 6.92. The molecule has 4 rings (SSSR count). The average Bonchev–Trinajstić information content (AvgIpc) is 3.43. The van der Waals surface area contributed by atoms with Crippen LogP contribution in [0.1, 0.15) is 34.4 Å². The number of amides is 1. The van der Waals surface area contributed by atoms with E-state index in [0.29, 0.717) is 18.0 Å². The summed E-state index contributed by atoms with van der Waals surface area (Å²) in [6.45, 7) is 3.01. The summed E-state index contributed by atoms with van der Waals surface area (Å²) in [4.78, 5) is 12.5. The third kappa shape index (κ3) is 4.97. The van der Waals surface area contributed by atoms with E-state index >= 15 is 0 Å². The third-order valence-corrected chi connectivity index (χ3v) is 4.68. The van der Waals surface area contributed by atoms with Crippen LogP contribution in [0.3, 0.4) is 0 Å². The van der Waals surface area contributed by atoms with Gasteiger partial charge in [-0.15, -0.1) is 0 Å². The highest BCUT2D eigenvalue weighted by atomic mass is 16.5. The monoisotopic (exact) mass is 401 g/mol. The summed E-state index contributed by atoms with van der Waals surface area (Å²) in [6.07, 6.45) is 4.40. The molecule has 1 N–H and O–H groups in total. The van der Waals surface area contributed by atoms with E-state index in [2.05, 4.69) is 17.3 Å². The predicted octanol–water partition coefficient (Wildman–Crippen LogP) is 4.92. The van der Waals surface area contributed by atoms with Gasteiger partial charge in [0.05, 0.1) is 18.4 Å². The quantitative estimate of drug-likeness (QED) is 0.455. The molecule has 0 aliphatic carbocycles. The maximum absolute atomic E-state index is 12.5. The molecule has 0 radical (unpaired) electrons. The summed E-state index contributed by atoms with van der Waals surface area (Å²) in [5, 5.41) is 7.10. The number of hydrogen-bond donors (Lipinski definition) is 1. The molecule has 0 aliphatic heterocycles. The lowest BCUT2D eigenvalue weighted by atomic mass is 10.2. The van der Waals surface area contributed by atoms with E-state index in [4.69, 9.17) is 9.15 Å². The van der Waals surface area contributed by atoms with Gasteiger partial charge in [0.15, 0.2) is 5.76 Å². The number of aromatic nitrogens is 2. The first-order valence-electron chi connectivity index (χ1n) is 9.88. The van der Waals surface area contributed by atoms with Crippen molar-refractivity contribution >= 4 is 11.6 Å². The first kappa shape index (κ1) is 19.5. The summed E-state index contributed by atoms with van der Waals surface area (Å²) in [5.74, 6) is 1.25. The molecule has 0 saturated heterocycles. The molecule has 2 aromatic heterocycles. The number of benzene rings is 2. The normalized spacial score (nSPS) is 10.7. The maximum Gasteiger partial charge on any atom is 0.291 e. The van der Waals surface area contributed by atoms with Gasteiger partial charge in [-0.25, -0.2) is 0 Å². The number of nitrogens with zero attached hydrogens (tertiary/aromatic N) is 2. The van der Waals surface area contributed by atoms with E-state index in [1.807, 2.05) is 54.6 Å². The Labute approximate surface area is 175 Å². The number of carbonyl (C=O) groups excluding carboxylic acids is 1. The van der Waals surface area contributed by atoms with Crippen molar-refractivity contribution in [2.75, 3.05) is 5.32 Å². The smallest absolute Gasteiger partial charge is 0.291 e. The lowest BCUT2D eigenvalue weighted by Gasteiger charge is -2.05. The number of hydrogen-bond acceptors (Lipinski definition) is 4. The fourth-order valence-electron chi connectivity index (χ4n) is 3.03. The van der Waals surface area contributed by atoms with Crippen molar-refractivity contribution in [3.63, 3.8) is 0 Å². The molecule has 1 amide bonds. The van der Waals surface area contributed by atoms with Gasteiger partial charge in [0, 0.05) is 6.20 Å². The molecule has 6 nitrogen and oxygen atoms in total. The minimum Gasteiger partial charge on any atom is -0.486 e. The zero-order chi connectivity index (χ0) is 20.8. The van der Waals surface area contributed by atoms with Crippen LogP contribution in [-0.2, 0) is 19.6 Å². The average molecular weight is 401 g/mol. The second-order valence-electron chi connectivity index (χ2n) is 6.92. The molecule has 4 aromatic rings. The van der Waals surface area contributed by atoms with E-state index < -0.39 is 0 Å². The van der Waals surface area contributed by atoms with E-state index in [1.165, 1.54) is 5.56 Å². The summed E-state index contributed by atoms with van der Waals surface area (Å²) in [5.41, 5.74) is 3.01. The maximum atomic E-state index is 12.5. The fraction of sp³-hybridized carbons (Fsp3) is 0.167.